The van der Waals surface area contributed by atoms with Gasteiger partial charge in [-0.3, -0.25) is 0 Å². The van der Waals surface area contributed by atoms with Crippen LogP contribution in [0.3, 0.4) is 0 Å². The molecule has 1 aromatic carbocycles. The summed E-state index contributed by atoms with van der Waals surface area (Å²) in [4.78, 5) is 0. The smallest absolute Gasteiger partial charge is 0.119 e. The zero-order chi connectivity index (χ0) is 15.3. The second-order valence-corrected chi connectivity index (χ2v) is 6.35. The van der Waals surface area contributed by atoms with Gasteiger partial charge >= 0.3 is 0 Å². The molecule has 1 saturated carbocycles. The fourth-order valence-electron chi connectivity index (χ4n) is 3.19. The summed E-state index contributed by atoms with van der Waals surface area (Å²) >= 11 is 0. The van der Waals surface area contributed by atoms with Crippen molar-refractivity contribution in [2.45, 2.75) is 57.6 Å². The first kappa shape index (κ1) is 16.3. The van der Waals surface area contributed by atoms with Gasteiger partial charge in [0.15, 0.2) is 0 Å². The van der Waals surface area contributed by atoms with Crippen LogP contribution in [0.15, 0.2) is 24.3 Å². The molecule has 0 spiro atoms. The standard InChI is InChI=1S/C18H29NO2/c1-4-13-21-16-7-5-15(6-8-16)17(19)18(20-3)11-9-14(2)10-12-18/h5-8,14,17H,4,9-13,19H2,1-3H3. The van der Waals surface area contributed by atoms with Gasteiger partial charge < -0.3 is 15.2 Å². The van der Waals surface area contributed by atoms with Crippen molar-refractivity contribution in [2.75, 3.05) is 13.7 Å². The lowest BCUT2D eigenvalue weighted by Gasteiger charge is -2.42. The highest BCUT2D eigenvalue weighted by molar-refractivity contribution is 5.30. The van der Waals surface area contributed by atoms with E-state index in [1.807, 2.05) is 12.1 Å². The van der Waals surface area contributed by atoms with Crippen LogP contribution in [0.1, 0.15) is 57.6 Å². The third-order valence-corrected chi connectivity index (χ3v) is 4.81. The van der Waals surface area contributed by atoms with Crippen molar-refractivity contribution in [1.29, 1.82) is 0 Å². The quantitative estimate of drug-likeness (QED) is 0.859. The molecule has 3 heteroatoms. The van der Waals surface area contributed by atoms with E-state index in [0.29, 0.717) is 0 Å². The summed E-state index contributed by atoms with van der Waals surface area (Å²) in [5.74, 6) is 1.70. The van der Waals surface area contributed by atoms with Crippen LogP contribution in [0.2, 0.25) is 0 Å². The molecule has 0 heterocycles. The van der Waals surface area contributed by atoms with Crippen LogP contribution >= 0.6 is 0 Å². The first-order valence-corrected chi connectivity index (χ1v) is 8.15. The minimum atomic E-state index is -0.210. The van der Waals surface area contributed by atoms with E-state index in [1.54, 1.807) is 7.11 Å². The first-order chi connectivity index (χ1) is 10.1. The molecular weight excluding hydrogens is 262 g/mol. The molecule has 1 atom stereocenters. The number of hydrogen-bond acceptors (Lipinski definition) is 3. The van der Waals surface area contributed by atoms with Crippen molar-refractivity contribution in [3.63, 3.8) is 0 Å². The maximum atomic E-state index is 6.55. The molecule has 1 aromatic rings. The van der Waals surface area contributed by atoms with Crippen molar-refractivity contribution in [1.82, 2.24) is 0 Å². The second-order valence-electron chi connectivity index (χ2n) is 6.35. The third kappa shape index (κ3) is 3.78. The van der Waals surface area contributed by atoms with Crippen LogP contribution < -0.4 is 10.5 Å². The maximum absolute atomic E-state index is 6.55. The predicted octanol–water partition coefficient (Wildman–Crippen LogP) is 4.07. The van der Waals surface area contributed by atoms with Crippen LogP contribution in [-0.4, -0.2) is 19.3 Å². The number of nitrogens with two attached hydrogens (primary N) is 1. The molecule has 0 bridgehead atoms. The van der Waals surface area contributed by atoms with E-state index < -0.39 is 0 Å². The Morgan fingerprint density at radius 3 is 2.38 bits per heavy atom. The number of hydrogen-bond donors (Lipinski definition) is 1. The van der Waals surface area contributed by atoms with Gasteiger partial charge in [-0.2, -0.15) is 0 Å². The van der Waals surface area contributed by atoms with E-state index in [-0.39, 0.29) is 11.6 Å². The highest BCUT2D eigenvalue weighted by Crippen LogP contribution is 2.41. The van der Waals surface area contributed by atoms with Gasteiger partial charge in [0.1, 0.15) is 5.75 Å². The molecule has 0 radical (unpaired) electrons. The topological polar surface area (TPSA) is 44.5 Å². The van der Waals surface area contributed by atoms with Gasteiger partial charge in [0.05, 0.1) is 18.2 Å². The van der Waals surface area contributed by atoms with Crippen molar-refractivity contribution in [2.24, 2.45) is 11.7 Å². The number of rotatable bonds is 6. The van der Waals surface area contributed by atoms with Crippen molar-refractivity contribution in [3.8, 4) is 5.75 Å². The third-order valence-electron chi connectivity index (χ3n) is 4.81. The Morgan fingerprint density at radius 1 is 1.24 bits per heavy atom. The molecule has 1 unspecified atom stereocenters. The van der Waals surface area contributed by atoms with Gasteiger partial charge in [-0.25, -0.2) is 0 Å². The predicted molar refractivity (Wildman–Crippen MR) is 86.5 cm³/mol. The molecule has 21 heavy (non-hydrogen) atoms. The minimum absolute atomic E-state index is 0.0739. The molecule has 0 aliphatic heterocycles. The highest BCUT2D eigenvalue weighted by Gasteiger charge is 2.40. The van der Waals surface area contributed by atoms with Gasteiger partial charge in [-0.05, 0) is 55.7 Å². The fourth-order valence-corrected chi connectivity index (χ4v) is 3.19. The molecular formula is C18H29NO2. The second kappa shape index (κ2) is 7.28. The molecule has 1 aliphatic carbocycles. The molecule has 0 aromatic heterocycles. The Labute approximate surface area is 128 Å². The molecule has 0 amide bonds. The Morgan fingerprint density at radius 2 is 1.86 bits per heavy atom. The van der Waals surface area contributed by atoms with E-state index in [9.17, 15) is 0 Å². The summed E-state index contributed by atoms with van der Waals surface area (Å²) in [6.07, 6.45) is 5.49. The van der Waals surface area contributed by atoms with Gasteiger partial charge in [-0.1, -0.05) is 26.0 Å². The fraction of sp³-hybridized carbons (Fsp3) is 0.667. The van der Waals surface area contributed by atoms with Crippen LogP contribution in [0.5, 0.6) is 5.75 Å². The first-order valence-electron chi connectivity index (χ1n) is 8.15. The lowest BCUT2D eigenvalue weighted by molar-refractivity contribution is -0.0672. The molecule has 1 fully saturated rings. The van der Waals surface area contributed by atoms with E-state index in [2.05, 4.69) is 26.0 Å². The van der Waals surface area contributed by atoms with Gasteiger partial charge in [-0.15, -0.1) is 0 Å². The van der Waals surface area contributed by atoms with Crippen LogP contribution in [-0.2, 0) is 4.74 Å². The van der Waals surface area contributed by atoms with Crippen molar-refractivity contribution < 1.29 is 9.47 Å². The summed E-state index contributed by atoms with van der Waals surface area (Å²) in [5.41, 5.74) is 7.47. The Kier molecular flexibility index (Phi) is 5.65. The SMILES string of the molecule is CCCOc1ccc(C(N)C2(OC)CCC(C)CC2)cc1. The van der Waals surface area contributed by atoms with Crippen molar-refractivity contribution in [3.05, 3.63) is 29.8 Å². The van der Waals surface area contributed by atoms with Gasteiger partial charge in [0.25, 0.3) is 0 Å². The van der Waals surface area contributed by atoms with E-state index in [0.717, 1.165) is 43.1 Å². The van der Waals surface area contributed by atoms with E-state index >= 15 is 0 Å². The summed E-state index contributed by atoms with van der Waals surface area (Å²) in [6, 6.07) is 8.11. The number of ether oxygens (including phenoxy) is 2. The zero-order valence-electron chi connectivity index (χ0n) is 13.6. The Hall–Kier alpha value is -1.06. The Balaban J connectivity index is 2.08. The molecule has 1 aliphatic rings. The highest BCUT2D eigenvalue weighted by atomic mass is 16.5. The average Bonchev–Trinajstić information content (AvgIpc) is 2.54. The minimum Gasteiger partial charge on any atom is -0.494 e. The largest absolute Gasteiger partial charge is 0.494 e. The summed E-state index contributed by atoms with van der Waals surface area (Å²) in [7, 11) is 1.80. The summed E-state index contributed by atoms with van der Waals surface area (Å²) in [6.45, 7) is 5.17. The lowest BCUT2D eigenvalue weighted by Crippen LogP contribution is -2.45. The lowest BCUT2D eigenvalue weighted by atomic mass is 9.74. The molecule has 2 rings (SSSR count). The number of methoxy groups -OCH3 is 1. The molecule has 0 saturated heterocycles. The van der Waals surface area contributed by atoms with E-state index in [1.165, 1.54) is 12.8 Å². The normalized spacial score (nSPS) is 27.3. The van der Waals surface area contributed by atoms with Crippen LogP contribution in [0.4, 0.5) is 0 Å². The summed E-state index contributed by atoms with van der Waals surface area (Å²) in [5, 5.41) is 0. The maximum Gasteiger partial charge on any atom is 0.119 e. The van der Waals surface area contributed by atoms with Gasteiger partial charge in [0.2, 0.25) is 0 Å². The molecule has 2 N–H and O–H groups in total. The number of benzene rings is 1. The summed E-state index contributed by atoms with van der Waals surface area (Å²) < 4.78 is 11.5. The monoisotopic (exact) mass is 291 g/mol. The average molecular weight is 291 g/mol. The van der Waals surface area contributed by atoms with Crippen LogP contribution in [0.25, 0.3) is 0 Å². The van der Waals surface area contributed by atoms with Gasteiger partial charge in [0, 0.05) is 7.11 Å². The van der Waals surface area contributed by atoms with Crippen LogP contribution in [0, 0.1) is 5.92 Å². The zero-order valence-corrected chi connectivity index (χ0v) is 13.6. The Bertz CT molecular complexity index is 421. The van der Waals surface area contributed by atoms with Crippen molar-refractivity contribution >= 4 is 0 Å². The molecule has 3 nitrogen and oxygen atoms in total. The molecule has 118 valence electrons. The van der Waals surface area contributed by atoms with E-state index in [4.69, 9.17) is 15.2 Å².